The van der Waals surface area contributed by atoms with Crippen LogP contribution in [0.25, 0.3) is 0 Å². The number of ether oxygens (including phenoxy) is 1. The number of anilines is 1. The van der Waals surface area contributed by atoms with Crippen molar-refractivity contribution in [2.24, 2.45) is 0 Å². The summed E-state index contributed by atoms with van der Waals surface area (Å²) in [7, 11) is 0. The fourth-order valence-corrected chi connectivity index (χ4v) is 3.14. The molecule has 5 heteroatoms. The first-order valence-electron chi connectivity index (χ1n) is 10.1. The maximum Gasteiger partial charge on any atom is 0.265 e. The number of aryl methyl sites for hydroxylation is 1. The van der Waals surface area contributed by atoms with Crippen molar-refractivity contribution < 1.29 is 14.3 Å². The summed E-state index contributed by atoms with van der Waals surface area (Å²) in [6.07, 6.45) is -0.312. The molecule has 2 rings (SSSR count). The van der Waals surface area contributed by atoms with E-state index in [1.165, 1.54) is 5.56 Å². The lowest BCUT2D eigenvalue weighted by molar-refractivity contribution is -0.122. The summed E-state index contributed by atoms with van der Waals surface area (Å²) < 4.78 is 5.81. The van der Waals surface area contributed by atoms with Crippen molar-refractivity contribution in [1.29, 1.82) is 0 Å². The van der Waals surface area contributed by atoms with Crippen LogP contribution >= 0.6 is 0 Å². The van der Waals surface area contributed by atoms with Gasteiger partial charge in [0.25, 0.3) is 5.91 Å². The molecule has 1 unspecified atom stereocenters. The predicted molar refractivity (Wildman–Crippen MR) is 117 cm³/mol. The van der Waals surface area contributed by atoms with Crippen LogP contribution in [0.3, 0.4) is 0 Å². The minimum absolute atomic E-state index is 0.0161. The topological polar surface area (TPSA) is 67.4 Å². The molecule has 2 N–H and O–H groups in total. The Morgan fingerprint density at radius 3 is 2.17 bits per heavy atom. The first kappa shape index (κ1) is 22.5. The lowest BCUT2D eigenvalue weighted by atomic mass is 9.98. The molecular formula is C24H32N2O3. The molecule has 29 heavy (non-hydrogen) atoms. The summed E-state index contributed by atoms with van der Waals surface area (Å²) in [6, 6.07) is 13.3. The molecule has 0 aliphatic heterocycles. The zero-order valence-corrected chi connectivity index (χ0v) is 18.2. The fraction of sp³-hybridized carbons (Fsp3) is 0.417. The molecule has 0 aliphatic carbocycles. The van der Waals surface area contributed by atoms with Crippen LogP contribution in [0, 0.1) is 6.92 Å². The molecule has 0 spiro atoms. The molecule has 0 saturated carbocycles. The smallest absolute Gasteiger partial charge is 0.265 e. The average Bonchev–Trinajstić information content (AvgIpc) is 2.62. The van der Waals surface area contributed by atoms with Crippen molar-refractivity contribution in [3.05, 3.63) is 59.2 Å². The monoisotopic (exact) mass is 396 g/mol. The summed E-state index contributed by atoms with van der Waals surface area (Å²) >= 11 is 0. The molecule has 2 aromatic rings. The van der Waals surface area contributed by atoms with E-state index in [2.05, 4.69) is 31.4 Å². The molecule has 5 nitrogen and oxygen atoms in total. The molecule has 156 valence electrons. The summed E-state index contributed by atoms with van der Waals surface area (Å²) in [6.45, 7) is 11.9. The van der Waals surface area contributed by atoms with Gasteiger partial charge in [-0.25, -0.2) is 0 Å². The predicted octanol–water partition coefficient (Wildman–Crippen LogP) is 4.59. The molecule has 2 aromatic carbocycles. The van der Waals surface area contributed by atoms with E-state index in [0.29, 0.717) is 23.8 Å². The first-order chi connectivity index (χ1) is 13.7. The van der Waals surface area contributed by atoms with Crippen LogP contribution < -0.4 is 15.4 Å². The molecule has 0 saturated heterocycles. The van der Waals surface area contributed by atoms with Crippen molar-refractivity contribution in [3.63, 3.8) is 0 Å². The van der Waals surface area contributed by atoms with E-state index in [4.69, 9.17) is 4.74 Å². The van der Waals surface area contributed by atoms with Gasteiger partial charge in [-0.3, -0.25) is 9.59 Å². The standard InChI is InChI=1S/C24H32N2O3/c1-15(2)22-12-11-21(13-17(22)5)29-18(6)24(28)26-20-9-7-19(8-10-20)14-23(27)25-16(3)4/h7-13,15-16,18H,14H2,1-6H3,(H,25,27)(H,26,28). The molecular weight excluding hydrogens is 364 g/mol. The fourth-order valence-electron chi connectivity index (χ4n) is 3.14. The zero-order valence-electron chi connectivity index (χ0n) is 18.2. The van der Waals surface area contributed by atoms with Gasteiger partial charge in [0.1, 0.15) is 5.75 Å². The molecule has 0 aliphatic rings. The van der Waals surface area contributed by atoms with Gasteiger partial charge < -0.3 is 15.4 Å². The molecule has 2 amide bonds. The Hall–Kier alpha value is -2.82. The Balaban J connectivity index is 1.92. The highest BCUT2D eigenvalue weighted by atomic mass is 16.5. The Kier molecular flexibility index (Phi) is 7.82. The van der Waals surface area contributed by atoms with Crippen molar-refractivity contribution in [2.45, 2.75) is 66.0 Å². The van der Waals surface area contributed by atoms with E-state index >= 15 is 0 Å². The maximum atomic E-state index is 12.5. The third-order valence-corrected chi connectivity index (χ3v) is 4.58. The third-order valence-electron chi connectivity index (χ3n) is 4.58. The zero-order chi connectivity index (χ0) is 21.6. The van der Waals surface area contributed by atoms with Crippen LogP contribution in [0.15, 0.2) is 42.5 Å². The van der Waals surface area contributed by atoms with E-state index in [-0.39, 0.29) is 17.9 Å². The van der Waals surface area contributed by atoms with E-state index in [1.54, 1.807) is 19.1 Å². The van der Waals surface area contributed by atoms with Crippen molar-refractivity contribution >= 4 is 17.5 Å². The number of carbonyl (C=O) groups excluding carboxylic acids is 2. The second-order valence-electron chi connectivity index (χ2n) is 8.02. The SMILES string of the molecule is Cc1cc(OC(C)C(=O)Nc2ccc(CC(=O)NC(C)C)cc2)ccc1C(C)C. The Labute approximate surface area is 173 Å². The molecule has 1 atom stereocenters. The number of amides is 2. The van der Waals surface area contributed by atoms with Crippen molar-refractivity contribution in [1.82, 2.24) is 5.32 Å². The first-order valence-corrected chi connectivity index (χ1v) is 10.1. The van der Waals surface area contributed by atoms with Crippen molar-refractivity contribution in [2.75, 3.05) is 5.32 Å². The number of nitrogens with one attached hydrogen (secondary N) is 2. The van der Waals surface area contributed by atoms with Gasteiger partial charge in [-0.15, -0.1) is 0 Å². The van der Waals surface area contributed by atoms with E-state index < -0.39 is 6.10 Å². The van der Waals surface area contributed by atoms with Crippen molar-refractivity contribution in [3.8, 4) is 5.75 Å². The number of hydrogen-bond acceptors (Lipinski definition) is 3. The minimum Gasteiger partial charge on any atom is -0.481 e. The number of hydrogen-bond donors (Lipinski definition) is 2. The minimum atomic E-state index is -0.629. The van der Waals surface area contributed by atoms with Gasteiger partial charge in [0.05, 0.1) is 6.42 Å². The largest absolute Gasteiger partial charge is 0.481 e. The van der Waals surface area contributed by atoms with Gasteiger partial charge in [0.15, 0.2) is 6.10 Å². The van der Waals surface area contributed by atoms with Gasteiger partial charge in [-0.1, -0.05) is 32.0 Å². The second kappa shape index (κ2) is 10.1. The lowest BCUT2D eigenvalue weighted by Crippen LogP contribution is -2.31. The summed E-state index contributed by atoms with van der Waals surface area (Å²) in [5.41, 5.74) is 4.00. The normalized spacial score (nSPS) is 12.0. The van der Waals surface area contributed by atoms with Crippen LogP contribution in [0.5, 0.6) is 5.75 Å². The van der Waals surface area contributed by atoms with Gasteiger partial charge in [-0.2, -0.15) is 0 Å². The highest BCUT2D eigenvalue weighted by Crippen LogP contribution is 2.24. The van der Waals surface area contributed by atoms with E-state index in [1.807, 2.05) is 44.2 Å². The van der Waals surface area contributed by atoms with Gasteiger partial charge >= 0.3 is 0 Å². The number of rotatable bonds is 8. The van der Waals surface area contributed by atoms with Gasteiger partial charge in [-0.05, 0) is 74.6 Å². The van der Waals surface area contributed by atoms with Crippen LogP contribution in [0.4, 0.5) is 5.69 Å². The average molecular weight is 397 g/mol. The Morgan fingerprint density at radius 1 is 0.966 bits per heavy atom. The quantitative estimate of drug-likeness (QED) is 0.686. The molecule has 0 fully saturated rings. The highest BCUT2D eigenvalue weighted by Gasteiger charge is 2.16. The maximum absolute atomic E-state index is 12.5. The number of carbonyl (C=O) groups is 2. The number of benzene rings is 2. The van der Waals surface area contributed by atoms with Crippen LogP contribution in [-0.4, -0.2) is 24.0 Å². The van der Waals surface area contributed by atoms with Crippen LogP contribution in [-0.2, 0) is 16.0 Å². The molecule has 0 bridgehead atoms. The second-order valence-corrected chi connectivity index (χ2v) is 8.02. The molecule has 0 aromatic heterocycles. The summed E-state index contributed by atoms with van der Waals surface area (Å²) in [4.78, 5) is 24.3. The Bertz CT molecular complexity index is 842. The third kappa shape index (κ3) is 6.93. The van der Waals surface area contributed by atoms with Gasteiger partial charge in [0, 0.05) is 11.7 Å². The van der Waals surface area contributed by atoms with Crippen LogP contribution in [0.1, 0.15) is 57.2 Å². The van der Waals surface area contributed by atoms with E-state index in [9.17, 15) is 9.59 Å². The Morgan fingerprint density at radius 2 is 1.62 bits per heavy atom. The van der Waals surface area contributed by atoms with Crippen LogP contribution in [0.2, 0.25) is 0 Å². The van der Waals surface area contributed by atoms with E-state index in [0.717, 1.165) is 11.1 Å². The van der Waals surface area contributed by atoms with Gasteiger partial charge in [0.2, 0.25) is 5.91 Å². The lowest BCUT2D eigenvalue weighted by Gasteiger charge is -2.17. The summed E-state index contributed by atoms with van der Waals surface area (Å²) in [5.74, 6) is 0.892. The molecule has 0 radical (unpaired) electrons. The highest BCUT2D eigenvalue weighted by molar-refractivity contribution is 5.94. The molecule has 0 heterocycles. The summed E-state index contributed by atoms with van der Waals surface area (Å²) in [5, 5.41) is 5.72.